The van der Waals surface area contributed by atoms with Crippen LogP contribution in [0.3, 0.4) is 0 Å². The fraction of sp³-hybridized carbons (Fsp3) is 0.211. The predicted molar refractivity (Wildman–Crippen MR) is 178 cm³/mol. The second-order valence-corrected chi connectivity index (χ2v) is 10.5. The molecule has 0 N–H and O–H groups in total. The largest absolute Gasteiger partial charge is 0.493 e. The second-order valence-electron chi connectivity index (χ2n) is 10.5. The molecule has 4 rings (SSSR count). The molecule has 0 saturated heterocycles. The van der Waals surface area contributed by atoms with Crippen LogP contribution in [0.4, 0.5) is 0 Å². The molecule has 0 aliphatic carbocycles. The van der Waals surface area contributed by atoms with Gasteiger partial charge in [-0.1, -0.05) is 36.9 Å². The minimum atomic E-state index is -0.570. The van der Waals surface area contributed by atoms with Gasteiger partial charge in [-0.25, -0.2) is 19.2 Å². The Morgan fingerprint density at radius 3 is 2.13 bits per heavy atom. The first kappa shape index (κ1) is 34.2. The monoisotopic (exact) mass is 636 g/mol. The quantitative estimate of drug-likeness (QED) is 0.0568. The molecule has 9 nitrogen and oxygen atoms in total. The van der Waals surface area contributed by atoms with Crippen LogP contribution in [0.5, 0.6) is 17.2 Å². The zero-order valence-electron chi connectivity index (χ0n) is 26.4. The highest BCUT2D eigenvalue weighted by Crippen LogP contribution is 2.30. The van der Waals surface area contributed by atoms with Crippen molar-refractivity contribution in [2.24, 2.45) is 0 Å². The summed E-state index contributed by atoms with van der Waals surface area (Å²) < 4.78 is 26.8. The number of aryl methyl sites for hydroxylation is 1. The van der Waals surface area contributed by atoms with E-state index < -0.39 is 23.9 Å². The Balaban J connectivity index is 1.32. The van der Waals surface area contributed by atoms with Crippen LogP contribution in [-0.4, -0.2) is 44.2 Å². The molecule has 242 valence electrons. The zero-order chi connectivity index (χ0) is 33.6. The van der Waals surface area contributed by atoms with Crippen LogP contribution in [-0.2, 0) is 19.1 Å². The molecule has 9 heteroatoms. The summed E-state index contributed by atoms with van der Waals surface area (Å²) in [6.45, 7) is 6.05. The highest BCUT2D eigenvalue weighted by molar-refractivity contribution is 6.07. The van der Waals surface area contributed by atoms with Gasteiger partial charge in [-0.3, -0.25) is 0 Å². The molecule has 0 aliphatic rings. The number of benzene rings is 4. The molecular weight excluding hydrogens is 600 g/mol. The third-order valence-corrected chi connectivity index (χ3v) is 7.13. The lowest BCUT2D eigenvalue weighted by Gasteiger charge is -2.13. The van der Waals surface area contributed by atoms with Gasteiger partial charge >= 0.3 is 23.9 Å². The van der Waals surface area contributed by atoms with E-state index in [4.69, 9.17) is 18.9 Å². The molecule has 0 radical (unpaired) electrons. The average molecular weight is 637 g/mol. The number of ether oxygens (including phenoxy) is 5. The summed E-state index contributed by atoms with van der Waals surface area (Å²) in [5.74, 6) is -0.673. The Morgan fingerprint density at radius 2 is 1.43 bits per heavy atom. The molecule has 0 saturated carbocycles. The van der Waals surface area contributed by atoms with Gasteiger partial charge in [0.1, 0.15) is 17.2 Å². The highest BCUT2D eigenvalue weighted by atomic mass is 16.5. The first-order valence-electron chi connectivity index (χ1n) is 15.1. The van der Waals surface area contributed by atoms with E-state index in [1.54, 1.807) is 43.3 Å². The van der Waals surface area contributed by atoms with Crippen LogP contribution in [0.25, 0.3) is 16.8 Å². The first-order valence-corrected chi connectivity index (χ1v) is 15.1. The Morgan fingerprint density at radius 1 is 0.723 bits per heavy atom. The molecule has 0 atom stereocenters. The average Bonchev–Trinajstić information content (AvgIpc) is 3.09. The van der Waals surface area contributed by atoms with Crippen molar-refractivity contribution in [2.45, 2.75) is 32.6 Å². The summed E-state index contributed by atoms with van der Waals surface area (Å²) in [5.41, 5.74) is 2.12. The number of carbonyl (C=O) groups excluding carboxylic acids is 4. The van der Waals surface area contributed by atoms with Crippen molar-refractivity contribution in [3.8, 4) is 17.2 Å². The van der Waals surface area contributed by atoms with Crippen molar-refractivity contribution in [3.63, 3.8) is 0 Å². The Bertz CT molecular complexity index is 1770. The van der Waals surface area contributed by atoms with Crippen molar-refractivity contribution in [1.82, 2.24) is 0 Å². The second kappa shape index (κ2) is 17.1. The molecule has 0 bridgehead atoms. The summed E-state index contributed by atoms with van der Waals surface area (Å²) in [5, 5.41) is 1.49. The maximum atomic E-state index is 13.2. The number of unbranched alkanes of at least 4 members (excludes halogenated alkanes) is 3. The van der Waals surface area contributed by atoms with E-state index in [-0.39, 0.29) is 11.3 Å². The van der Waals surface area contributed by atoms with E-state index in [1.165, 1.54) is 37.5 Å². The molecule has 0 unspecified atom stereocenters. The lowest BCUT2D eigenvalue weighted by molar-refractivity contribution is -0.138. The fourth-order valence-corrected chi connectivity index (χ4v) is 4.65. The van der Waals surface area contributed by atoms with Crippen molar-refractivity contribution in [3.05, 3.63) is 120 Å². The molecule has 0 aromatic heterocycles. The fourth-order valence-electron chi connectivity index (χ4n) is 4.65. The summed E-state index contributed by atoms with van der Waals surface area (Å²) in [4.78, 5) is 48.4. The van der Waals surface area contributed by atoms with Crippen LogP contribution in [0.15, 0.2) is 97.6 Å². The van der Waals surface area contributed by atoms with Crippen LogP contribution < -0.4 is 14.2 Å². The minimum Gasteiger partial charge on any atom is -0.493 e. The minimum absolute atomic E-state index is 0.271. The molecule has 0 spiro atoms. The molecule has 0 fully saturated rings. The molecule has 4 aromatic carbocycles. The molecular formula is C38H36O9. The van der Waals surface area contributed by atoms with Gasteiger partial charge in [0.15, 0.2) is 0 Å². The molecule has 47 heavy (non-hydrogen) atoms. The van der Waals surface area contributed by atoms with E-state index in [1.807, 2.05) is 24.3 Å². The van der Waals surface area contributed by atoms with Gasteiger partial charge in [-0.15, -0.1) is 0 Å². The van der Waals surface area contributed by atoms with Gasteiger partial charge in [0.05, 0.1) is 31.5 Å². The van der Waals surface area contributed by atoms with Gasteiger partial charge in [-0.2, -0.15) is 0 Å². The molecule has 0 amide bonds. The number of esters is 4. The van der Waals surface area contributed by atoms with Crippen LogP contribution in [0, 0.1) is 6.92 Å². The van der Waals surface area contributed by atoms with Gasteiger partial charge < -0.3 is 23.7 Å². The number of hydrogen-bond acceptors (Lipinski definition) is 9. The normalized spacial score (nSPS) is 10.8. The van der Waals surface area contributed by atoms with E-state index in [0.29, 0.717) is 41.2 Å². The molecule has 0 heterocycles. The Hall–Kier alpha value is -5.70. The Labute approximate surface area is 273 Å². The summed E-state index contributed by atoms with van der Waals surface area (Å²) in [6, 6.07) is 22.2. The van der Waals surface area contributed by atoms with Gasteiger partial charge in [0.25, 0.3) is 0 Å². The first-order chi connectivity index (χ1) is 22.8. The van der Waals surface area contributed by atoms with Crippen LogP contribution in [0.1, 0.15) is 57.5 Å². The summed E-state index contributed by atoms with van der Waals surface area (Å²) in [6.07, 6.45) is 7.52. The predicted octanol–water partition coefficient (Wildman–Crippen LogP) is 7.44. The third kappa shape index (κ3) is 9.89. The van der Waals surface area contributed by atoms with Crippen molar-refractivity contribution in [1.29, 1.82) is 0 Å². The number of rotatable bonds is 15. The number of methoxy groups -OCH3 is 1. The number of carbonyl (C=O) groups is 4. The third-order valence-electron chi connectivity index (χ3n) is 7.13. The zero-order valence-corrected chi connectivity index (χ0v) is 26.4. The topological polar surface area (TPSA) is 114 Å². The van der Waals surface area contributed by atoms with E-state index in [9.17, 15) is 19.2 Å². The summed E-state index contributed by atoms with van der Waals surface area (Å²) >= 11 is 0. The number of hydrogen-bond donors (Lipinski definition) is 0. The Kier molecular flexibility index (Phi) is 12.4. The lowest BCUT2D eigenvalue weighted by atomic mass is 10.0. The van der Waals surface area contributed by atoms with E-state index >= 15 is 0 Å². The maximum absolute atomic E-state index is 13.2. The highest BCUT2D eigenvalue weighted by Gasteiger charge is 2.16. The van der Waals surface area contributed by atoms with Crippen LogP contribution in [0.2, 0.25) is 0 Å². The van der Waals surface area contributed by atoms with E-state index in [2.05, 4.69) is 11.3 Å². The SMILES string of the molecule is C=CC(=O)OCCCCCCOc1ccc(C(=O)Oc2ccc(C(=O)Oc3ccc(/C=C/C(=O)OC)cc3C)cc2)c2ccccc12. The standard InChI is InChI=1S/C38H36O9/c1-4-35(39)45-24-10-6-5-9-23-44-34-21-19-32(30-11-7-8-12-31(30)34)38(42)46-29-17-15-28(16-18-29)37(41)47-33-20-13-27(25-26(33)2)14-22-36(40)43-3/h4,7-8,11-22,25H,1,5-6,9-10,23-24H2,2-3H3/b22-14+. The smallest absolute Gasteiger partial charge is 0.344 e. The van der Waals surface area contributed by atoms with Gasteiger partial charge in [0.2, 0.25) is 0 Å². The van der Waals surface area contributed by atoms with Crippen LogP contribution >= 0.6 is 0 Å². The summed E-state index contributed by atoms with van der Waals surface area (Å²) in [7, 11) is 1.30. The molecule has 0 aliphatic heterocycles. The van der Waals surface area contributed by atoms with E-state index in [0.717, 1.165) is 42.7 Å². The van der Waals surface area contributed by atoms with Crippen molar-refractivity contribution >= 4 is 40.7 Å². The number of fused-ring (bicyclic) bond motifs is 1. The molecule has 4 aromatic rings. The van der Waals surface area contributed by atoms with Gasteiger partial charge in [-0.05, 0) is 104 Å². The maximum Gasteiger partial charge on any atom is 0.344 e. The van der Waals surface area contributed by atoms with Crippen molar-refractivity contribution < 1.29 is 42.9 Å². The van der Waals surface area contributed by atoms with Crippen molar-refractivity contribution in [2.75, 3.05) is 20.3 Å². The lowest BCUT2D eigenvalue weighted by Crippen LogP contribution is -2.11. The van der Waals surface area contributed by atoms with Gasteiger partial charge in [0, 0.05) is 17.5 Å².